The van der Waals surface area contributed by atoms with E-state index in [1.165, 1.54) is 0 Å². The summed E-state index contributed by atoms with van der Waals surface area (Å²) in [6.45, 7) is 8.42. The van der Waals surface area contributed by atoms with Gasteiger partial charge in [-0.2, -0.15) is 5.10 Å². The molecule has 5 nitrogen and oxygen atoms in total. The summed E-state index contributed by atoms with van der Waals surface area (Å²) in [5.41, 5.74) is 7.78. The summed E-state index contributed by atoms with van der Waals surface area (Å²) < 4.78 is 0. The van der Waals surface area contributed by atoms with Crippen molar-refractivity contribution in [1.82, 2.24) is 15.5 Å². The third kappa shape index (κ3) is 2.60. The van der Waals surface area contributed by atoms with Crippen molar-refractivity contribution in [2.75, 3.05) is 5.73 Å². The minimum Gasteiger partial charge on any atom is -0.395 e. The lowest BCUT2D eigenvalue weighted by Gasteiger charge is -2.27. The number of nitrogen functional groups attached to an aromatic ring is 1. The van der Waals surface area contributed by atoms with Crippen LogP contribution in [0.15, 0.2) is 0 Å². The normalized spacial score (nSPS) is 21.8. The van der Waals surface area contributed by atoms with E-state index in [-0.39, 0.29) is 23.3 Å². The van der Waals surface area contributed by atoms with Crippen LogP contribution >= 0.6 is 0 Å². The molecule has 1 aliphatic carbocycles. The second-order valence-electron chi connectivity index (χ2n) is 6.46. The molecule has 0 radical (unpaired) electrons. The molecule has 1 aliphatic rings. The van der Waals surface area contributed by atoms with Gasteiger partial charge in [-0.25, -0.2) is 0 Å². The van der Waals surface area contributed by atoms with Crippen LogP contribution in [0.4, 0.5) is 5.69 Å². The van der Waals surface area contributed by atoms with Crippen LogP contribution in [0.1, 0.15) is 69.1 Å². The number of carbonyl (C=O) groups excluding carboxylic acids is 1. The predicted octanol–water partition coefficient (Wildman–Crippen LogP) is 2.42. The van der Waals surface area contributed by atoms with Gasteiger partial charge in [0.25, 0.3) is 5.91 Å². The monoisotopic (exact) mass is 264 g/mol. The number of anilines is 1. The molecule has 1 unspecified atom stereocenters. The van der Waals surface area contributed by atoms with Gasteiger partial charge in [-0.3, -0.25) is 9.89 Å². The highest BCUT2D eigenvalue weighted by molar-refractivity contribution is 5.97. The molecule has 106 valence electrons. The summed E-state index contributed by atoms with van der Waals surface area (Å²) >= 11 is 0. The number of carbonyl (C=O) groups is 1. The highest BCUT2D eigenvalue weighted by Crippen LogP contribution is 2.37. The minimum atomic E-state index is -0.166. The van der Waals surface area contributed by atoms with Gasteiger partial charge < -0.3 is 11.1 Å². The summed E-state index contributed by atoms with van der Waals surface area (Å²) in [4.78, 5) is 12.3. The summed E-state index contributed by atoms with van der Waals surface area (Å²) in [7, 11) is 0. The molecule has 0 saturated heterocycles. The Kier molecular flexibility index (Phi) is 3.56. The number of rotatable bonds is 3. The zero-order valence-electron chi connectivity index (χ0n) is 12.2. The molecule has 0 spiro atoms. The van der Waals surface area contributed by atoms with E-state index in [0.717, 1.165) is 25.0 Å². The van der Waals surface area contributed by atoms with E-state index in [1.807, 2.05) is 13.8 Å². The van der Waals surface area contributed by atoms with Gasteiger partial charge in [0, 0.05) is 6.04 Å². The lowest BCUT2D eigenvalue weighted by molar-refractivity contribution is 0.0906. The van der Waals surface area contributed by atoms with Crippen molar-refractivity contribution >= 4 is 11.6 Å². The Hall–Kier alpha value is -1.52. The second kappa shape index (κ2) is 4.87. The van der Waals surface area contributed by atoms with Crippen LogP contribution in [0.3, 0.4) is 0 Å². The highest BCUT2D eigenvalue weighted by Gasteiger charge is 2.36. The SMILES string of the molecule is CC(C)c1[nH]nc(C(=O)NC2CCCC2(C)C)c1N. The van der Waals surface area contributed by atoms with Gasteiger partial charge in [0.1, 0.15) is 0 Å². The van der Waals surface area contributed by atoms with Crippen LogP contribution in [0, 0.1) is 5.41 Å². The van der Waals surface area contributed by atoms with Gasteiger partial charge in [-0.15, -0.1) is 0 Å². The number of H-pyrrole nitrogens is 1. The second-order valence-corrected chi connectivity index (χ2v) is 6.46. The standard InChI is InChI=1S/C14H24N4O/c1-8(2)11-10(15)12(18-17-11)13(19)16-9-6-5-7-14(9,3)4/h8-9H,5-7,15H2,1-4H3,(H,16,19)(H,17,18). The van der Waals surface area contributed by atoms with Crippen LogP contribution in [-0.4, -0.2) is 22.1 Å². The zero-order chi connectivity index (χ0) is 14.2. The molecule has 1 heterocycles. The van der Waals surface area contributed by atoms with Gasteiger partial charge in [0.2, 0.25) is 0 Å². The highest BCUT2D eigenvalue weighted by atomic mass is 16.2. The van der Waals surface area contributed by atoms with Crippen molar-refractivity contribution in [3.63, 3.8) is 0 Å². The molecule has 0 aliphatic heterocycles. The Labute approximate surface area is 114 Å². The maximum Gasteiger partial charge on any atom is 0.274 e. The maximum absolute atomic E-state index is 12.3. The van der Waals surface area contributed by atoms with Gasteiger partial charge in [0.15, 0.2) is 5.69 Å². The van der Waals surface area contributed by atoms with Gasteiger partial charge in [0.05, 0.1) is 11.4 Å². The quantitative estimate of drug-likeness (QED) is 0.784. The molecule has 4 N–H and O–H groups in total. The van der Waals surface area contributed by atoms with Gasteiger partial charge in [-0.05, 0) is 24.2 Å². The number of nitrogens with zero attached hydrogens (tertiary/aromatic N) is 1. The summed E-state index contributed by atoms with van der Waals surface area (Å²) in [6, 6.07) is 0.207. The van der Waals surface area contributed by atoms with Crippen LogP contribution in [-0.2, 0) is 0 Å². The summed E-state index contributed by atoms with van der Waals surface area (Å²) in [5, 5.41) is 10.0. The summed E-state index contributed by atoms with van der Waals surface area (Å²) in [6.07, 6.45) is 3.33. The topological polar surface area (TPSA) is 83.8 Å². The average molecular weight is 264 g/mol. The number of nitrogens with one attached hydrogen (secondary N) is 2. The van der Waals surface area contributed by atoms with Crippen LogP contribution < -0.4 is 11.1 Å². The van der Waals surface area contributed by atoms with Crippen molar-refractivity contribution in [2.45, 2.75) is 58.9 Å². The molecule has 1 aromatic heterocycles. The van der Waals surface area contributed by atoms with E-state index >= 15 is 0 Å². The van der Waals surface area contributed by atoms with Crippen LogP contribution in [0.5, 0.6) is 0 Å². The molecule has 0 aromatic carbocycles. The molecule has 19 heavy (non-hydrogen) atoms. The molecule has 1 fully saturated rings. The fraction of sp³-hybridized carbons (Fsp3) is 0.714. The third-order valence-electron chi connectivity index (χ3n) is 4.19. The minimum absolute atomic E-state index is 0.154. The largest absolute Gasteiger partial charge is 0.395 e. The molecule has 1 amide bonds. The molecule has 1 atom stereocenters. The molecular formula is C14H24N4O. The fourth-order valence-corrected chi connectivity index (χ4v) is 2.80. The number of nitrogens with two attached hydrogens (primary N) is 1. The zero-order valence-corrected chi connectivity index (χ0v) is 12.2. The maximum atomic E-state index is 12.3. The number of hydrogen-bond donors (Lipinski definition) is 3. The number of aromatic amines is 1. The first-order chi connectivity index (χ1) is 8.83. The third-order valence-corrected chi connectivity index (χ3v) is 4.19. The van der Waals surface area contributed by atoms with Crippen molar-refractivity contribution in [2.24, 2.45) is 5.41 Å². The first kappa shape index (κ1) is 13.9. The molecule has 1 saturated carbocycles. The van der Waals surface area contributed by atoms with Crippen molar-refractivity contribution < 1.29 is 4.79 Å². The van der Waals surface area contributed by atoms with Crippen LogP contribution in [0.25, 0.3) is 0 Å². The molecule has 2 rings (SSSR count). The summed E-state index contributed by atoms with van der Waals surface area (Å²) in [5.74, 6) is 0.0672. The van der Waals surface area contributed by atoms with Crippen molar-refractivity contribution in [3.05, 3.63) is 11.4 Å². The Morgan fingerprint density at radius 1 is 1.53 bits per heavy atom. The average Bonchev–Trinajstić information content (AvgIpc) is 2.83. The molecule has 1 aromatic rings. The van der Waals surface area contributed by atoms with E-state index in [0.29, 0.717) is 11.4 Å². The molecule has 5 heteroatoms. The van der Waals surface area contributed by atoms with E-state index in [2.05, 4.69) is 29.4 Å². The number of aromatic nitrogens is 2. The Balaban J connectivity index is 2.13. The van der Waals surface area contributed by atoms with Crippen molar-refractivity contribution in [3.8, 4) is 0 Å². The van der Waals surface area contributed by atoms with E-state index in [4.69, 9.17) is 5.73 Å². The number of hydrogen-bond acceptors (Lipinski definition) is 3. The first-order valence-electron chi connectivity index (χ1n) is 6.97. The first-order valence-corrected chi connectivity index (χ1v) is 6.97. The van der Waals surface area contributed by atoms with E-state index in [9.17, 15) is 4.79 Å². The van der Waals surface area contributed by atoms with Gasteiger partial charge >= 0.3 is 0 Å². The predicted molar refractivity (Wildman–Crippen MR) is 76.0 cm³/mol. The molecule has 0 bridgehead atoms. The number of amides is 1. The smallest absolute Gasteiger partial charge is 0.274 e. The molecular weight excluding hydrogens is 240 g/mol. The lowest BCUT2D eigenvalue weighted by Crippen LogP contribution is -2.41. The Morgan fingerprint density at radius 3 is 2.68 bits per heavy atom. The fourth-order valence-electron chi connectivity index (χ4n) is 2.80. The lowest BCUT2D eigenvalue weighted by atomic mass is 9.87. The van der Waals surface area contributed by atoms with E-state index in [1.54, 1.807) is 0 Å². The van der Waals surface area contributed by atoms with Crippen molar-refractivity contribution in [1.29, 1.82) is 0 Å². The van der Waals surface area contributed by atoms with Gasteiger partial charge in [-0.1, -0.05) is 34.1 Å². The van der Waals surface area contributed by atoms with Crippen LogP contribution in [0.2, 0.25) is 0 Å². The Bertz CT molecular complexity index is 476. The van der Waals surface area contributed by atoms with E-state index < -0.39 is 0 Å². The Morgan fingerprint density at radius 2 is 2.21 bits per heavy atom.